The summed E-state index contributed by atoms with van der Waals surface area (Å²) in [5.74, 6) is 0. The summed E-state index contributed by atoms with van der Waals surface area (Å²) in [4.78, 5) is 22.7. The van der Waals surface area contributed by atoms with E-state index in [4.69, 9.17) is 0 Å². The smallest absolute Gasteiger partial charge is 0.267 e. The molecule has 0 radical (unpaired) electrons. The predicted molar refractivity (Wildman–Crippen MR) is 69.0 cm³/mol. The lowest BCUT2D eigenvalue weighted by Crippen LogP contribution is -2.22. The highest BCUT2D eigenvalue weighted by Gasteiger charge is 2.07. The van der Waals surface area contributed by atoms with Gasteiger partial charge in [-0.15, -0.1) is 10.2 Å². The van der Waals surface area contributed by atoms with Crippen molar-refractivity contribution in [3.8, 4) is 0 Å². The number of non-ortho nitro benzene ring substituents is 1. The summed E-state index contributed by atoms with van der Waals surface area (Å²) in [5, 5.41) is 18.1. The number of nitrogens with zero attached hydrogens (tertiary/aromatic N) is 4. The SMILES string of the molecule is O=c1/c(=C/c2cccc([N+](=O)[O-])c2)sc2nncn12. The Morgan fingerprint density at radius 3 is 3.00 bits per heavy atom. The molecule has 2 heterocycles. The molecule has 0 saturated heterocycles. The van der Waals surface area contributed by atoms with Gasteiger partial charge in [0.05, 0.1) is 9.46 Å². The van der Waals surface area contributed by atoms with E-state index in [9.17, 15) is 14.9 Å². The van der Waals surface area contributed by atoms with Crippen molar-refractivity contribution >= 4 is 28.1 Å². The van der Waals surface area contributed by atoms with Crippen LogP contribution < -0.4 is 10.1 Å². The van der Waals surface area contributed by atoms with Crippen molar-refractivity contribution in [1.29, 1.82) is 0 Å². The maximum atomic E-state index is 11.9. The number of fused-ring (bicyclic) bond motifs is 1. The number of aromatic nitrogens is 3. The average Bonchev–Trinajstić information content (AvgIpc) is 2.95. The van der Waals surface area contributed by atoms with Gasteiger partial charge < -0.3 is 0 Å². The van der Waals surface area contributed by atoms with Crippen LogP contribution in [-0.2, 0) is 0 Å². The van der Waals surface area contributed by atoms with Crippen LogP contribution in [0.5, 0.6) is 0 Å². The van der Waals surface area contributed by atoms with E-state index in [1.54, 1.807) is 18.2 Å². The molecular formula is C11H6N4O3S. The van der Waals surface area contributed by atoms with Gasteiger partial charge in [-0.1, -0.05) is 23.5 Å². The third-order valence-electron chi connectivity index (χ3n) is 2.53. The summed E-state index contributed by atoms with van der Waals surface area (Å²) in [7, 11) is 0. The van der Waals surface area contributed by atoms with Gasteiger partial charge in [0.25, 0.3) is 11.2 Å². The molecule has 0 atom stereocenters. The highest BCUT2D eigenvalue weighted by Crippen LogP contribution is 2.13. The molecule has 3 rings (SSSR count). The standard InChI is InChI=1S/C11H6N4O3S/c16-10-9(19-11-13-12-6-14(10)11)5-7-2-1-3-8(4-7)15(17)18/h1-6H/b9-5-. The summed E-state index contributed by atoms with van der Waals surface area (Å²) < 4.78 is 1.80. The van der Waals surface area contributed by atoms with Crippen molar-refractivity contribution in [2.45, 2.75) is 0 Å². The minimum Gasteiger partial charge on any atom is -0.267 e. The highest BCUT2D eigenvalue weighted by molar-refractivity contribution is 7.15. The molecule has 0 spiro atoms. The number of rotatable bonds is 2. The Morgan fingerprint density at radius 2 is 2.26 bits per heavy atom. The van der Waals surface area contributed by atoms with Crippen LogP contribution >= 0.6 is 11.3 Å². The third kappa shape index (κ3) is 1.97. The zero-order valence-corrected chi connectivity index (χ0v) is 10.2. The number of benzene rings is 1. The summed E-state index contributed by atoms with van der Waals surface area (Å²) in [6.45, 7) is 0. The quantitative estimate of drug-likeness (QED) is 0.504. The summed E-state index contributed by atoms with van der Waals surface area (Å²) >= 11 is 1.19. The zero-order chi connectivity index (χ0) is 13.4. The lowest BCUT2D eigenvalue weighted by atomic mass is 10.2. The molecule has 1 aromatic carbocycles. The number of nitro benzene ring substituents is 1. The lowest BCUT2D eigenvalue weighted by Gasteiger charge is -1.92. The predicted octanol–water partition coefficient (Wildman–Crippen LogP) is 0.607. The maximum Gasteiger partial charge on any atom is 0.275 e. The molecule has 0 fully saturated rings. The van der Waals surface area contributed by atoms with Crippen LogP contribution in [-0.4, -0.2) is 19.5 Å². The van der Waals surface area contributed by atoms with Gasteiger partial charge in [-0.3, -0.25) is 14.9 Å². The molecule has 8 heteroatoms. The summed E-state index contributed by atoms with van der Waals surface area (Å²) in [6, 6.07) is 6.10. The third-order valence-corrected chi connectivity index (χ3v) is 3.50. The molecule has 0 bridgehead atoms. The first kappa shape index (κ1) is 11.5. The van der Waals surface area contributed by atoms with Crippen LogP contribution in [0.25, 0.3) is 11.0 Å². The average molecular weight is 274 g/mol. The van der Waals surface area contributed by atoms with E-state index in [0.29, 0.717) is 15.1 Å². The fraction of sp³-hybridized carbons (Fsp3) is 0. The van der Waals surface area contributed by atoms with E-state index in [1.165, 1.54) is 34.2 Å². The van der Waals surface area contributed by atoms with Gasteiger partial charge in [0.2, 0.25) is 4.96 Å². The van der Waals surface area contributed by atoms with Gasteiger partial charge in [-0.05, 0) is 11.6 Å². The molecule has 3 aromatic rings. The minimum absolute atomic E-state index is 0.0100. The van der Waals surface area contributed by atoms with Gasteiger partial charge in [0.1, 0.15) is 6.33 Å². The molecule has 0 amide bonds. The molecule has 2 aromatic heterocycles. The van der Waals surface area contributed by atoms with E-state index in [1.807, 2.05) is 0 Å². The summed E-state index contributed by atoms with van der Waals surface area (Å²) in [5.41, 5.74) is 0.365. The van der Waals surface area contributed by atoms with Gasteiger partial charge in [-0.2, -0.15) is 0 Å². The van der Waals surface area contributed by atoms with E-state index in [-0.39, 0.29) is 11.2 Å². The van der Waals surface area contributed by atoms with Gasteiger partial charge in [0, 0.05) is 12.1 Å². The fourth-order valence-electron chi connectivity index (χ4n) is 1.66. The Hall–Kier alpha value is -2.61. The molecule has 0 aliphatic carbocycles. The van der Waals surface area contributed by atoms with Crippen molar-refractivity contribution in [2.24, 2.45) is 0 Å². The zero-order valence-electron chi connectivity index (χ0n) is 9.39. The number of hydrogen-bond donors (Lipinski definition) is 0. The van der Waals surface area contributed by atoms with Crippen LogP contribution in [0.15, 0.2) is 35.4 Å². The lowest BCUT2D eigenvalue weighted by molar-refractivity contribution is -0.384. The first-order chi connectivity index (χ1) is 9.15. The van der Waals surface area contributed by atoms with E-state index < -0.39 is 4.92 Å². The first-order valence-electron chi connectivity index (χ1n) is 5.24. The minimum atomic E-state index is -0.472. The Bertz CT molecular complexity index is 883. The van der Waals surface area contributed by atoms with Crippen LogP contribution in [0.3, 0.4) is 0 Å². The maximum absolute atomic E-state index is 11.9. The largest absolute Gasteiger partial charge is 0.275 e. The van der Waals surface area contributed by atoms with E-state index in [0.717, 1.165) is 0 Å². The Labute approximate surface area is 109 Å². The van der Waals surface area contributed by atoms with Crippen LogP contribution in [0.2, 0.25) is 0 Å². The fourth-order valence-corrected chi connectivity index (χ4v) is 2.56. The Kier molecular flexibility index (Phi) is 2.57. The number of nitro groups is 1. The molecule has 7 nitrogen and oxygen atoms in total. The molecule has 0 N–H and O–H groups in total. The van der Waals surface area contributed by atoms with E-state index in [2.05, 4.69) is 10.2 Å². The molecule has 0 aliphatic rings. The molecule has 0 saturated carbocycles. The Morgan fingerprint density at radius 1 is 1.42 bits per heavy atom. The normalized spacial score (nSPS) is 12.1. The van der Waals surface area contributed by atoms with Crippen molar-refractivity contribution < 1.29 is 4.92 Å². The molecule has 0 unspecified atom stereocenters. The number of hydrogen-bond acceptors (Lipinski definition) is 6. The van der Waals surface area contributed by atoms with Gasteiger partial charge in [0.15, 0.2) is 0 Å². The van der Waals surface area contributed by atoms with E-state index >= 15 is 0 Å². The van der Waals surface area contributed by atoms with Crippen LogP contribution in [0.4, 0.5) is 5.69 Å². The number of thiazole rings is 1. The molecular weight excluding hydrogens is 268 g/mol. The van der Waals surface area contributed by atoms with Crippen molar-refractivity contribution in [1.82, 2.24) is 14.6 Å². The van der Waals surface area contributed by atoms with Crippen molar-refractivity contribution in [3.63, 3.8) is 0 Å². The second kappa shape index (κ2) is 4.25. The van der Waals surface area contributed by atoms with Gasteiger partial charge in [-0.25, -0.2) is 4.40 Å². The second-order valence-corrected chi connectivity index (χ2v) is 4.76. The van der Waals surface area contributed by atoms with Crippen molar-refractivity contribution in [3.05, 3.63) is 61.2 Å². The second-order valence-electron chi connectivity index (χ2n) is 3.75. The highest BCUT2D eigenvalue weighted by atomic mass is 32.1. The molecule has 0 aliphatic heterocycles. The topological polar surface area (TPSA) is 90.4 Å². The van der Waals surface area contributed by atoms with Crippen LogP contribution in [0, 0.1) is 10.1 Å². The first-order valence-corrected chi connectivity index (χ1v) is 6.05. The Balaban J connectivity index is 2.17. The van der Waals surface area contributed by atoms with Crippen molar-refractivity contribution in [2.75, 3.05) is 0 Å². The monoisotopic (exact) mass is 274 g/mol. The molecule has 19 heavy (non-hydrogen) atoms. The summed E-state index contributed by atoms with van der Waals surface area (Å²) in [6.07, 6.45) is 2.95. The van der Waals surface area contributed by atoms with Gasteiger partial charge >= 0.3 is 0 Å². The van der Waals surface area contributed by atoms with Crippen LogP contribution in [0.1, 0.15) is 5.56 Å². The molecule has 94 valence electrons.